The van der Waals surface area contributed by atoms with Crippen molar-refractivity contribution in [3.63, 3.8) is 0 Å². The molecule has 0 heterocycles. The zero-order valence-electron chi connectivity index (χ0n) is 11.7. The van der Waals surface area contributed by atoms with Gasteiger partial charge in [0.2, 0.25) is 10.0 Å². The van der Waals surface area contributed by atoms with Crippen LogP contribution in [0.2, 0.25) is 0 Å². The number of halogens is 2. The molecule has 0 aromatic heterocycles. The minimum atomic E-state index is -3.98. The van der Waals surface area contributed by atoms with Crippen molar-refractivity contribution in [3.8, 4) is 0 Å². The second kappa shape index (κ2) is 6.51. The van der Waals surface area contributed by atoms with Crippen LogP contribution >= 0.6 is 15.9 Å². The highest BCUT2D eigenvalue weighted by Crippen LogP contribution is 2.20. The third kappa shape index (κ3) is 5.12. The van der Waals surface area contributed by atoms with Crippen molar-refractivity contribution in [3.05, 3.63) is 28.5 Å². The molecule has 4 nitrogen and oxygen atoms in total. The first kappa shape index (κ1) is 17.6. The van der Waals surface area contributed by atoms with E-state index in [-0.39, 0.29) is 12.5 Å². The molecule has 0 aliphatic heterocycles. The van der Waals surface area contributed by atoms with Crippen molar-refractivity contribution < 1.29 is 17.9 Å². The lowest BCUT2D eigenvalue weighted by Gasteiger charge is -2.25. The quantitative estimate of drug-likeness (QED) is 0.811. The molecule has 1 aromatic rings. The van der Waals surface area contributed by atoms with Crippen LogP contribution in [-0.4, -0.2) is 25.7 Å². The Morgan fingerprint density at radius 1 is 1.45 bits per heavy atom. The Labute approximate surface area is 127 Å². The molecule has 0 spiro atoms. The molecule has 1 rings (SSSR count). The first-order valence-corrected chi connectivity index (χ1v) is 8.48. The Morgan fingerprint density at radius 3 is 2.55 bits per heavy atom. The van der Waals surface area contributed by atoms with Gasteiger partial charge >= 0.3 is 0 Å². The molecule has 0 saturated carbocycles. The minimum absolute atomic E-state index is 0.164. The van der Waals surface area contributed by atoms with Crippen LogP contribution in [0.4, 0.5) is 4.39 Å². The molecular formula is C13H19BrFNO3S. The van der Waals surface area contributed by atoms with Gasteiger partial charge in [0.1, 0.15) is 10.7 Å². The second-order valence-electron chi connectivity index (χ2n) is 5.49. The van der Waals surface area contributed by atoms with Crippen molar-refractivity contribution in [1.29, 1.82) is 0 Å². The molecule has 0 radical (unpaired) electrons. The fourth-order valence-electron chi connectivity index (χ4n) is 1.97. The average Bonchev–Trinajstić information content (AvgIpc) is 2.24. The van der Waals surface area contributed by atoms with E-state index in [4.69, 9.17) is 0 Å². The lowest BCUT2D eigenvalue weighted by Crippen LogP contribution is -2.41. The Hall–Kier alpha value is -0.500. The van der Waals surface area contributed by atoms with Crippen LogP contribution in [0.15, 0.2) is 27.6 Å². The Bertz CT molecular complexity index is 573. The lowest BCUT2D eigenvalue weighted by atomic mass is 9.95. The number of hydrogen-bond acceptors (Lipinski definition) is 3. The monoisotopic (exact) mass is 367 g/mol. The predicted molar refractivity (Wildman–Crippen MR) is 79.4 cm³/mol. The zero-order valence-corrected chi connectivity index (χ0v) is 14.1. The molecule has 7 heteroatoms. The number of nitrogens with one attached hydrogen (secondary N) is 1. The van der Waals surface area contributed by atoms with E-state index in [0.717, 1.165) is 6.07 Å². The van der Waals surface area contributed by atoms with Crippen molar-refractivity contribution in [2.75, 3.05) is 6.54 Å². The van der Waals surface area contributed by atoms with E-state index in [0.29, 0.717) is 10.9 Å². The summed E-state index contributed by atoms with van der Waals surface area (Å²) >= 11 is 3.07. The summed E-state index contributed by atoms with van der Waals surface area (Å²) in [5, 5.41) is 10.1. The largest absolute Gasteiger partial charge is 0.389 e. The van der Waals surface area contributed by atoms with Gasteiger partial charge in [-0.05, 0) is 37.5 Å². The molecule has 0 fully saturated rings. The van der Waals surface area contributed by atoms with Gasteiger partial charge in [-0.3, -0.25) is 0 Å². The van der Waals surface area contributed by atoms with Crippen LogP contribution < -0.4 is 4.72 Å². The minimum Gasteiger partial charge on any atom is -0.389 e. The van der Waals surface area contributed by atoms with E-state index in [1.807, 2.05) is 13.8 Å². The number of aliphatic hydroxyl groups is 1. The maximum atomic E-state index is 13.7. The van der Waals surface area contributed by atoms with Crippen LogP contribution in [0.25, 0.3) is 0 Å². The smallest absolute Gasteiger partial charge is 0.243 e. The van der Waals surface area contributed by atoms with E-state index in [9.17, 15) is 17.9 Å². The highest BCUT2D eigenvalue weighted by atomic mass is 79.9. The molecular weight excluding hydrogens is 349 g/mol. The second-order valence-corrected chi connectivity index (χ2v) is 8.15. The maximum absolute atomic E-state index is 13.7. The Balaban J connectivity index is 2.85. The fourth-order valence-corrected chi connectivity index (χ4v) is 3.53. The van der Waals surface area contributed by atoms with Gasteiger partial charge in [-0.25, -0.2) is 17.5 Å². The van der Waals surface area contributed by atoms with E-state index < -0.39 is 26.3 Å². The highest BCUT2D eigenvalue weighted by molar-refractivity contribution is 9.10. The summed E-state index contributed by atoms with van der Waals surface area (Å²) < 4.78 is 40.4. The molecule has 0 amide bonds. The zero-order chi connectivity index (χ0) is 15.6. The molecule has 1 unspecified atom stereocenters. The van der Waals surface area contributed by atoms with Crippen LogP contribution in [-0.2, 0) is 10.0 Å². The predicted octanol–water partition coefficient (Wildman–Crippen LogP) is 2.66. The van der Waals surface area contributed by atoms with Crippen molar-refractivity contribution in [2.45, 2.75) is 37.7 Å². The van der Waals surface area contributed by atoms with Crippen LogP contribution in [0.5, 0.6) is 0 Å². The summed E-state index contributed by atoms with van der Waals surface area (Å²) in [6.45, 7) is 5.24. The van der Waals surface area contributed by atoms with Crippen molar-refractivity contribution >= 4 is 26.0 Å². The number of benzene rings is 1. The van der Waals surface area contributed by atoms with Crippen LogP contribution in [0.1, 0.15) is 27.2 Å². The van der Waals surface area contributed by atoms with Gasteiger partial charge in [0.25, 0.3) is 0 Å². The SMILES string of the molecule is CC(C)CC(C)(O)CNS(=O)(=O)c1ccc(Br)cc1F. The van der Waals surface area contributed by atoms with Crippen molar-refractivity contribution in [1.82, 2.24) is 4.72 Å². The first-order valence-electron chi connectivity index (χ1n) is 6.20. The normalized spacial score (nSPS) is 15.3. The molecule has 20 heavy (non-hydrogen) atoms. The Kier molecular flexibility index (Phi) is 5.71. The number of rotatable bonds is 6. The molecule has 0 saturated heterocycles. The first-order chi connectivity index (χ1) is 9.03. The summed E-state index contributed by atoms with van der Waals surface area (Å²) in [5.41, 5.74) is -1.17. The standard InChI is InChI=1S/C13H19BrFNO3S/c1-9(2)7-13(3,17)8-16-20(18,19)12-5-4-10(14)6-11(12)15/h4-6,9,16-17H,7-8H2,1-3H3. The number of sulfonamides is 1. The summed E-state index contributed by atoms with van der Waals surface area (Å²) in [5.74, 6) is -0.616. The molecule has 114 valence electrons. The van der Waals surface area contributed by atoms with Gasteiger partial charge in [0, 0.05) is 11.0 Å². The summed E-state index contributed by atoms with van der Waals surface area (Å²) in [4.78, 5) is -0.430. The van der Waals surface area contributed by atoms with Gasteiger partial charge in [-0.2, -0.15) is 0 Å². The fraction of sp³-hybridized carbons (Fsp3) is 0.538. The van der Waals surface area contributed by atoms with Crippen molar-refractivity contribution in [2.24, 2.45) is 5.92 Å². The lowest BCUT2D eigenvalue weighted by molar-refractivity contribution is 0.0436. The topological polar surface area (TPSA) is 66.4 Å². The third-order valence-electron chi connectivity index (χ3n) is 2.67. The van der Waals surface area contributed by atoms with Gasteiger partial charge in [-0.1, -0.05) is 29.8 Å². The van der Waals surface area contributed by atoms with E-state index >= 15 is 0 Å². The molecule has 0 aliphatic rings. The van der Waals surface area contributed by atoms with E-state index in [1.54, 1.807) is 6.92 Å². The van der Waals surface area contributed by atoms with Crippen LogP contribution in [0, 0.1) is 11.7 Å². The maximum Gasteiger partial charge on any atom is 0.243 e. The summed E-state index contributed by atoms with van der Waals surface area (Å²) in [7, 11) is -3.98. The third-order valence-corrected chi connectivity index (χ3v) is 4.60. The molecule has 0 bridgehead atoms. The summed E-state index contributed by atoms with van der Waals surface area (Å²) in [6, 6.07) is 3.71. The number of hydrogen-bond donors (Lipinski definition) is 2. The highest BCUT2D eigenvalue weighted by Gasteiger charge is 2.26. The molecule has 1 aromatic carbocycles. The molecule has 1 atom stereocenters. The van der Waals surface area contributed by atoms with Gasteiger partial charge < -0.3 is 5.11 Å². The Morgan fingerprint density at radius 2 is 2.05 bits per heavy atom. The van der Waals surface area contributed by atoms with Crippen LogP contribution in [0.3, 0.4) is 0 Å². The molecule has 0 aliphatic carbocycles. The van der Waals surface area contributed by atoms with Gasteiger partial charge in [0.05, 0.1) is 5.60 Å². The van der Waals surface area contributed by atoms with E-state index in [2.05, 4.69) is 20.7 Å². The molecule has 2 N–H and O–H groups in total. The summed E-state index contributed by atoms with van der Waals surface area (Å²) in [6.07, 6.45) is 0.443. The van der Waals surface area contributed by atoms with E-state index in [1.165, 1.54) is 12.1 Å². The average molecular weight is 368 g/mol. The van der Waals surface area contributed by atoms with Gasteiger partial charge in [0.15, 0.2) is 0 Å². The van der Waals surface area contributed by atoms with Gasteiger partial charge in [-0.15, -0.1) is 0 Å².